The number of pyridine rings is 1. The van der Waals surface area contributed by atoms with Crippen molar-refractivity contribution in [2.45, 2.75) is 37.8 Å². The first-order valence-electron chi connectivity index (χ1n) is 14.3. The van der Waals surface area contributed by atoms with Gasteiger partial charge in [0.25, 0.3) is 0 Å². The van der Waals surface area contributed by atoms with E-state index in [-0.39, 0.29) is 56.8 Å². The Morgan fingerprint density at radius 1 is 0.841 bits per heavy atom. The summed E-state index contributed by atoms with van der Waals surface area (Å²) < 4.78 is 0. The first-order chi connectivity index (χ1) is 21.1. The van der Waals surface area contributed by atoms with E-state index in [1.807, 2.05) is 60.7 Å². The normalized spacial score (nSPS) is 12.0. The SMILES string of the molecule is NC(N)=NCCN(CCN=C(N)N)C(=O)CC[C@H](N)C(=O)N[C@H](CCc1ccccc1)C(=O)Nc1cnc2ccccc2c1. The molecule has 234 valence electrons. The second kappa shape index (κ2) is 17.0. The van der Waals surface area contributed by atoms with Gasteiger partial charge in [-0.3, -0.25) is 29.4 Å². The number of carbonyl (C=O) groups excluding carboxylic acids is 3. The second-order valence-corrected chi connectivity index (χ2v) is 10.1. The van der Waals surface area contributed by atoms with E-state index in [0.29, 0.717) is 18.5 Å². The van der Waals surface area contributed by atoms with E-state index in [1.165, 1.54) is 4.90 Å². The molecule has 12 N–H and O–H groups in total. The third-order valence-corrected chi connectivity index (χ3v) is 6.74. The van der Waals surface area contributed by atoms with Crippen molar-refractivity contribution in [2.24, 2.45) is 38.7 Å². The summed E-state index contributed by atoms with van der Waals surface area (Å²) in [5, 5.41) is 6.51. The number of rotatable bonds is 16. The summed E-state index contributed by atoms with van der Waals surface area (Å²) in [4.78, 5) is 53.2. The molecule has 3 rings (SSSR count). The summed E-state index contributed by atoms with van der Waals surface area (Å²) in [6.07, 6.45) is 2.47. The number of carbonyl (C=O) groups is 3. The molecule has 1 aromatic heterocycles. The number of aliphatic imine (C=N–C) groups is 2. The molecule has 14 nitrogen and oxygen atoms in total. The maximum absolute atomic E-state index is 13.4. The number of para-hydroxylation sites is 1. The molecule has 3 aromatic rings. The molecule has 2 atom stereocenters. The Morgan fingerprint density at radius 3 is 2.14 bits per heavy atom. The van der Waals surface area contributed by atoms with E-state index >= 15 is 0 Å². The standard InChI is InChI=1S/C30H41N11O3/c31-23(11-13-26(42)41(16-14-36-29(32)33)17-15-37-30(34)35)27(43)40-25(12-10-20-6-2-1-3-7-20)28(44)39-22-18-21-8-4-5-9-24(21)38-19-22/h1-9,18-19,23,25H,10-17,31H2,(H,39,44)(H,40,43)(H4,32,33,36)(H4,34,35,37)/t23-,25+/m0/s1. The highest BCUT2D eigenvalue weighted by molar-refractivity contribution is 5.99. The number of nitrogens with zero attached hydrogens (tertiary/aromatic N) is 4. The van der Waals surface area contributed by atoms with Crippen LogP contribution in [0.4, 0.5) is 5.69 Å². The van der Waals surface area contributed by atoms with Crippen molar-refractivity contribution in [2.75, 3.05) is 31.5 Å². The van der Waals surface area contributed by atoms with Gasteiger partial charge in [-0.1, -0.05) is 48.5 Å². The number of aryl methyl sites for hydroxylation is 1. The van der Waals surface area contributed by atoms with Gasteiger partial charge in [-0.25, -0.2) is 0 Å². The number of hydrogen-bond acceptors (Lipinski definition) is 7. The maximum Gasteiger partial charge on any atom is 0.247 e. The van der Waals surface area contributed by atoms with Crippen molar-refractivity contribution in [3.8, 4) is 0 Å². The monoisotopic (exact) mass is 603 g/mol. The summed E-state index contributed by atoms with van der Waals surface area (Å²) in [5.74, 6) is -1.41. The van der Waals surface area contributed by atoms with Crippen molar-refractivity contribution >= 4 is 46.2 Å². The molecule has 0 saturated heterocycles. The van der Waals surface area contributed by atoms with E-state index in [4.69, 9.17) is 28.7 Å². The Bertz CT molecular complexity index is 1430. The summed E-state index contributed by atoms with van der Waals surface area (Å²) in [7, 11) is 0. The predicted octanol–water partition coefficient (Wildman–Crippen LogP) is -0.226. The van der Waals surface area contributed by atoms with Crippen LogP contribution in [0.15, 0.2) is 76.8 Å². The zero-order valence-electron chi connectivity index (χ0n) is 24.6. The van der Waals surface area contributed by atoms with Crippen molar-refractivity contribution in [1.82, 2.24) is 15.2 Å². The van der Waals surface area contributed by atoms with Gasteiger partial charge in [-0.2, -0.15) is 0 Å². The van der Waals surface area contributed by atoms with Crippen LogP contribution in [0.25, 0.3) is 10.9 Å². The number of amides is 3. The van der Waals surface area contributed by atoms with E-state index in [2.05, 4.69) is 25.6 Å². The largest absolute Gasteiger partial charge is 0.370 e. The van der Waals surface area contributed by atoms with Crippen LogP contribution in [0.3, 0.4) is 0 Å². The number of fused-ring (bicyclic) bond motifs is 1. The Labute approximate surface area is 256 Å². The smallest absolute Gasteiger partial charge is 0.247 e. The van der Waals surface area contributed by atoms with Gasteiger partial charge in [-0.05, 0) is 37.0 Å². The van der Waals surface area contributed by atoms with Gasteiger partial charge in [-0.15, -0.1) is 0 Å². The Morgan fingerprint density at radius 2 is 1.48 bits per heavy atom. The van der Waals surface area contributed by atoms with Crippen molar-refractivity contribution in [1.29, 1.82) is 0 Å². The minimum atomic E-state index is -1.04. The summed E-state index contributed by atoms with van der Waals surface area (Å²) >= 11 is 0. The van der Waals surface area contributed by atoms with Gasteiger partial charge >= 0.3 is 0 Å². The Hall–Kier alpha value is -5.24. The molecule has 3 amide bonds. The fourth-order valence-electron chi connectivity index (χ4n) is 4.40. The third-order valence-electron chi connectivity index (χ3n) is 6.74. The van der Waals surface area contributed by atoms with Gasteiger partial charge in [0.1, 0.15) is 6.04 Å². The highest BCUT2D eigenvalue weighted by atomic mass is 16.2. The summed E-state index contributed by atoms with van der Waals surface area (Å²) in [5.41, 5.74) is 30.0. The molecule has 0 radical (unpaired) electrons. The quantitative estimate of drug-likeness (QED) is 0.0843. The van der Waals surface area contributed by atoms with Gasteiger partial charge in [0.15, 0.2) is 11.9 Å². The van der Waals surface area contributed by atoms with Crippen molar-refractivity contribution in [3.05, 3.63) is 72.4 Å². The van der Waals surface area contributed by atoms with Crippen molar-refractivity contribution < 1.29 is 14.4 Å². The molecular weight excluding hydrogens is 562 g/mol. The summed E-state index contributed by atoms with van der Waals surface area (Å²) in [6.45, 7) is 0.827. The maximum atomic E-state index is 13.4. The lowest BCUT2D eigenvalue weighted by Crippen LogP contribution is -2.50. The fraction of sp³-hybridized carbons (Fsp3) is 0.333. The molecule has 14 heteroatoms. The zero-order valence-corrected chi connectivity index (χ0v) is 24.6. The van der Waals surface area contributed by atoms with Crippen LogP contribution in [0.2, 0.25) is 0 Å². The Kier molecular flexibility index (Phi) is 12.9. The molecule has 2 aromatic carbocycles. The number of benzene rings is 2. The lowest BCUT2D eigenvalue weighted by atomic mass is 10.0. The molecule has 0 unspecified atom stereocenters. The van der Waals surface area contributed by atoms with Gasteiger partial charge < -0.3 is 44.2 Å². The van der Waals surface area contributed by atoms with E-state index < -0.39 is 23.9 Å². The molecule has 0 aliphatic heterocycles. The van der Waals surface area contributed by atoms with E-state index in [1.54, 1.807) is 6.20 Å². The number of nitrogens with one attached hydrogen (secondary N) is 2. The zero-order chi connectivity index (χ0) is 31.9. The van der Waals surface area contributed by atoms with Crippen LogP contribution in [0.1, 0.15) is 24.8 Å². The Balaban J connectivity index is 1.63. The molecule has 0 bridgehead atoms. The average Bonchev–Trinajstić information content (AvgIpc) is 3.00. The highest BCUT2D eigenvalue weighted by Crippen LogP contribution is 2.17. The predicted molar refractivity (Wildman–Crippen MR) is 172 cm³/mol. The van der Waals surface area contributed by atoms with Crippen molar-refractivity contribution in [3.63, 3.8) is 0 Å². The molecule has 0 aliphatic rings. The molecule has 0 fully saturated rings. The molecule has 0 saturated carbocycles. The highest BCUT2D eigenvalue weighted by Gasteiger charge is 2.25. The second-order valence-electron chi connectivity index (χ2n) is 10.1. The molecule has 0 spiro atoms. The van der Waals surface area contributed by atoms with Crippen LogP contribution >= 0.6 is 0 Å². The van der Waals surface area contributed by atoms with Gasteiger partial charge in [0.05, 0.1) is 36.5 Å². The minimum absolute atomic E-state index is 0.0259. The fourth-order valence-corrected chi connectivity index (χ4v) is 4.40. The van der Waals surface area contributed by atoms with Gasteiger partial charge in [0.2, 0.25) is 17.7 Å². The molecule has 1 heterocycles. The first-order valence-corrected chi connectivity index (χ1v) is 14.3. The van der Waals surface area contributed by atoms with E-state index in [0.717, 1.165) is 16.5 Å². The first kappa shape index (κ1) is 33.3. The van der Waals surface area contributed by atoms with Crippen LogP contribution in [0.5, 0.6) is 0 Å². The number of nitrogens with two attached hydrogens (primary N) is 5. The number of guanidine groups is 2. The van der Waals surface area contributed by atoms with Crippen LogP contribution < -0.4 is 39.3 Å². The van der Waals surface area contributed by atoms with Gasteiger partial charge in [0, 0.05) is 24.9 Å². The molecule has 44 heavy (non-hydrogen) atoms. The lowest BCUT2D eigenvalue weighted by Gasteiger charge is -2.23. The van der Waals surface area contributed by atoms with E-state index in [9.17, 15) is 14.4 Å². The topological polar surface area (TPSA) is 246 Å². The number of aromatic nitrogens is 1. The molecular formula is C30H41N11O3. The third kappa shape index (κ3) is 11.2. The lowest BCUT2D eigenvalue weighted by molar-refractivity contribution is -0.131. The van der Waals surface area contributed by atoms with Crippen LogP contribution in [0, 0.1) is 0 Å². The van der Waals surface area contributed by atoms with Crippen LogP contribution in [-0.2, 0) is 20.8 Å². The van der Waals surface area contributed by atoms with Crippen LogP contribution in [-0.4, -0.2) is 77.8 Å². The summed E-state index contributed by atoms with van der Waals surface area (Å²) in [6, 6.07) is 17.1. The average molecular weight is 604 g/mol. The number of hydrogen-bond donors (Lipinski definition) is 7. The molecule has 0 aliphatic carbocycles. The number of anilines is 1. The minimum Gasteiger partial charge on any atom is -0.370 e.